The monoisotopic (exact) mass is 284 g/mol. The minimum atomic E-state index is 0.265. The van der Waals surface area contributed by atoms with E-state index in [1.165, 1.54) is 11.1 Å². The topological polar surface area (TPSA) is 18.5 Å². The summed E-state index contributed by atoms with van der Waals surface area (Å²) in [6.45, 7) is 4.25. The molecule has 1 atom stereocenters. The van der Waals surface area contributed by atoms with Gasteiger partial charge < -0.3 is 9.47 Å². The van der Waals surface area contributed by atoms with E-state index in [0.29, 0.717) is 13.2 Å². The van der Waals surface area contributed by atoms with Crippen LogP contribution in [0.25, 0.3) is 0 Å². The van der Waals surface area contributed by atoms with E-state index in [4.69, 9.17) is 9.47 Å². The molecule has 0 aliphatic rings. The predicted molar refractivity (Wildman–Crippen MR) is 86.0 cm³/mol. The number of benzene rings is 2. The standard InChI is InChI=1S/C19H24O2/c1-2-19(21-16-18-11-7-4-8-12-18)13-14-20-15-17-9-5-3-6-10-17/h3-12,19H,2,13-16H2,1H3. The zero-order chi connectivity index (χ0) is 14.8. The van der Waals surface area contributed by atoms with Gasteiger partial charge in [0.15, 0.2) is 0 Å². The van der Waals surface area contributed by atoms with Crippen molar-refractivity contribution in [2.24, 2.45) is 0 Å². The third-order valence-electron chi connectivity index (χ3n) is 3.48. The van der Waals surface area contributed by atoms with Crippen LogP contribution in [0, 0.1) is 0 Å². The van der Waals surface area contributed by atoms with Crippen LogP contribution in [-0.2, 0) is 22.7 Å². The molecule has 0 amide bonds. The Balaban J connectivity index is 1.63. The van der Waals surface area contributed by atoms with E-state index in [1.807, 2.05) is 36.4 Å². The zero-order valence-corrected chi connectivity index (χ0v) is 12.7. The van der Waals surface area contributed by atoms with Crippen LogP contribution in [0.15, 0.2) is 60.7 Å². The Hall–Kier alpha value is -1.64. The van der Waals surface area contributed by atoms with Crippen LogP contribution < -0.4 is 0 Å². The van der Waals surface area contributed by atoms with Crippen LogP contribution in [0.2, 0.25) is 0 Å². The van der Waals surface area contributed by atoms with E-state index in [9.17, 15) is 0 Å². The third kappa shape index (κ3) is 6.11. The maximum atomic E-state index is 5.95. The highest BCUT2D eigenvalue weighted by molar-refractivity contribution is 5.14. The average molecular weight is 284 g/mol. The van der Waals surface area contributed by atoms with Crippen LogP contribution in [0.4, 0.5) is 0 Å². The Morgan fingerprint density at radius 3 is 1.95 bits per heavy atom. The van der Waals surface area contributed by atoms with E-state index < -0.39 is 0 Å². The molecule has 0 bridgehead atoms. The van der Waals surface area contributed by atoms with Gasteiger partial charge >= 0.3 is 0 Å². The summed E-state index contributed by atoms with van der Waals surface area (Å²) < 4.78 is 11.7. The normalized spacial score (nSPS) is 12.2. The minimum Gasteiger partial charge on any atom is -0.377 e. The van der Waals surface area contributed by atoms with Crippen LogP contribution >= 0.6 is 0 Å². The third-order valence-corrected chi connectivity index (χ3v) is 3.48. The van der Waals surface area contributed by atoms with Crippen molar-refractivity contribution in [2.75, 3.05) is 6.61 Å². The first-order valence-corrected chi connectivity index (χ1v) is 7.65. The molecule has 21 heavy (non-hydrogen) atoms. The highest BCUT2D eigenvalue weighted by Crippen LogP contribution is 2.10. The summed E-state index contributed by atoms with van der Waals surface area (Å²) in [7, 11) is 0. The molecule has 0 spiro atoms. The van der Waals surface area contributed by atoms with E-state index in [2.05, 4.69) is 31.2 Å². The van der Waals surface area contributed by atoms with Crippen LogP contribution in [-0.4, -0.2) is 12.7 Å². The van der Waals surface area contributed by atoms with Gasteiger partial charge in [0.25, 0.3) is 0 Å². The quantitative estimate of drug-likeness (QED) is 0.627. The molecule has 0 fully saturated rings. The van der Waals surface area contributed by atoms with Crippen molar-refractivity contribution >= 4 is 0 Å². The molecular formula is C19H24O2. The fourth-order valence-corrected chi connectivity index (χ4v) is 2.17. The lowest BCUT2D eigenvalue weighted by Gasteiger charge is -2.16. The molecule has 2 rings (SSSR count). The molecule has 2 heteroatoms. The van der Waals surface area contributed by atoms with Crippen molar-refractivity contribution in [3.05, 3.63) is 71.8 Å². The molecule has 2 aromatic carbocycles. The van der Waals surface area contributed by atoms with Gasteiger partial charge in [-0.3, -0.25) is 0 Å². The number of ether oxygens (including phenoxy) is 2. The summed E-state index contributed by atoms with van der Waals surface area (Å²) in [6, 6.07) is 20.6. The largest absolute Gasteiger partial charge is 0.377 e. The molecule has 0 radical (unpaired) electrons. The molecule has 0 aliphatic heterocycles. The van der Waals surface area contributed by atoms with Gasteiger partial charge in [-0.1, -0.05) is 67.6 Å². The van der Waals surface area contributed by atoms with Crippen LogP contribution in [0.3, 0.4) is 0 Å². The second-order valence-electron chi connectivity index (χ2n) is 5.15. The lowest BCUT2D eigenvalue weighted by atomic mass is 10.2. The van der Waals surface area contributed by atoms with Gasteiger partial charge in [-0.05, 0) is 24.0 Å². The molecule has 0 N–H and O–H groups in total. The maximum absolute atomic E-state index is 5.95. The van der Waals surface area contributed by atoms with Gasteiger partial charge in [0, 0.05) is 6.61 Å². The molecule has 0 aromatic heterocycles. The molecule has 2 aromatic rings. The lowest BCUT2D eigenvalue weighted by molar-refractivity contribution is 0.00694. The first-order valence-electron chi connectivity index (χ1n) is 7.65. The molecule has 1 unspecified atom stereocenters. The van der Waals surface area contributed by atoms with Gasteiger partial charge in [0.05, 0.1) is 19.3 Å². The van der Waals surface area contributed by atoms with E-state index in [1.54, 1.807) is 0 Å². The van der Waals surface area contributed by atoms with Gasteiger partial charge in [0.2, 0.25) is 0 Å². The summed E-state index contributed by atoms with van der Waals surface area (Å²) >= 11 is 0. The van der Waals surface area contributed by atoms with Gasteiger partial charge in [-0.25, -0.2) is 0 Å². The SMILES string of the molecule is CCC(CCOCc1ccccc1)OCc1ccccc1. The molecule has 0 saturated heterocycles. The first kappa shape index (κ1) is 15.7. The molecule has 0 aliphatic carbocycles. The minimum absolute atomic E-state index is 0.265. The molecular weight excluding hydrogens is 260 g/mol. The van der Waals surface area contributed by atoms with Crippen molar-refractivity contribution in [3.8, 4) is 0 Å². The van der Waals surface area contributed by atoms with Gasteiger partial charge in [-0.15, -0.1) is 0 Å². The summed E-state index contributed by atoms with van der Waals surface area (Å²) in [5.74, 6) is 0. The molecule has 0 heterocycles. The highest BCUT2D eigenvalue weighted by atomic mass is 16.5. The Kier molecular flexibility index (Phi) is 6.99. The highest BCUT2D eigenvalue weighted by Gasteiger charge is 2.07. The Bertz CT molecular complexity index is 481. The van der Waals surface area contributed by atoms with Crippen LogP contribution in [0.1, 0.15) is 30.9 Å². The Labute approximate surface area is 127 Å². The van der Waals surface area contributed by atoms with Crippen molar-refractivity contribution in [1.29, 1.82) is 0 Å². The van der Waals surface area contributed by atoms with Gasteiger partial charge in [0.1, 0.15) is 0 Å². The fourth-order valence-electron chi connectivity index (χ4n) is 2.17. The summed E-state index contributed by atoms with van der Waals surface area (Å²) in [5.41, 5.74) is 2.44. The Morgan fingerprint density at radius 2 is 1.38 bits per heavy atom. The maximum Gasteiger partial charge on any atom is 0.0720 e. The van der Waals surface area contributed by atoms with E-state index in [-0.39, 0.29) is 6.10 Å². The van der Waals surface area contributed by atoms with E-state index in [0.717, 1.165) is 19.4 Å². The average Bonchev–Trinajstić information content (AvgIpc) is 2.56. The summed E-state index contributed by atoms with van der Waals surface area (Å²) in [4.78, 5) is 0. The second kappa shape index (κ2) is 9.32. The first-order chi connectivity index (χ1) is 10.4. The molecule has 2 nitrogen and oxygen atoms in total. The second-order valence-corrected chi connectivity index (χ2v) is 5.15. The Morgan fingerprint density at radius 1 is 0.810 bits per heavy atom. The number of rotatable bonds is 9. The van der Waals surface area contributed by atoms with E-state index >= 15 is 0 Å². The molecule has 0 saturated carbocycles. The summed E-state index contributed by atoms with van der Waals surface area (Å²) in [5, 5.41) is 0. The van der Waals surface area contributed by atoms with Crippen molar-refractivity contribution in [2.45, 2.75) is 39.1 Å². The van der Waals surface area contributed by atoms with Gasteiger partial charge in [-0.2, -0.15) is 0 Å². The smallest absolute Gasteiger partial charge is 0.0720 e. The number of hydrogen-bond donors (Lipinski definition) is 0. The fraction of sp³-hybridized carbons (Fsp3) is 0.368. The lowest BCUT2D eigenvalue weighted by Crippen LogP contribution is -2.14. The summed E-state index contributed by atoms with van der Waals surface area (Å²) in [6.07, 6.45) is 2.22. The van der Waals surface area contributed by atoms with Crippen molar-refractivity contribution in [1.82, 2.24) is 0 Å². The number of hydrogen-bond acceptors (Lipinski definition) is 2. The molecule has 112 valence electrons. The predicted octanol–water partition coefficient (Wildman–Crippen LogP) is 4.59. The van der Waals surface area contributed by atoms with Crippen molar-refractivity contribution < 1.29 is 9.47 Å². The van der Waals surface area contributed by atoms with Crippen LogP contribution in [0.5, 0.6) is 0 Å². The van der Waals surface area contributed by atoms with Crippen molar-refractivity contribution in [3.63, 3.8) is 0 Å². The zero-order valence-electron chi connectivity index (χ0n) is 12.7.